The Bertz CT molecular complexity index is 903. The van der Waals surface area contributed by atoms with E-state index in [-0.39, 0.29) is 5.76 Å². The van der Waals surface area contributed by atoms with Crippen LogP contribution in [0.5, 0.6) is 0 Å². The molecule has 10 heteroatoms. The number of ketones is 1. The fourth-order valence-corrected chi connectivity index (χ4v) is 4.71. The van der Waals surface area contributed by atoms with Gasteiger partial charge in [0.15, 0.2) is 0 Å². The number of carbonyl (C=O) groups excluding carboxylic acids is 3. The van der Waals surface area contributed by atoms with E-state index >= 15 is 0 Å². The Balaban J connectivity index is 0.000000208. The van der Waals surface area contributed by atoms with Crippen LogP contribution in [-0.4, -0.2) is 51.7 Å². The quantitative estimate of drug-likeness (QED) is 0.565. The van der Waals surface area contributed by atoms with Crippen LogP contribution in [0.2, 0.25) is 0 Å². The number of hydrogen-bond acceptors (Lipinski definition) is 8. The molecule has 2 fully saturated rings. The molecule has 1 unspecified atom stereocenters. The van der Waals surface area contributed by atoms with Crippen LogP contribution in [-0.2, 0) is 19.2 Å². The molecule has 3 N–H and O–H groups in total. The maximum Gasteiger partial charge on any atom is 0.290 e. The highest BCUT2D eigenvalue weighted by atomic mass is 32.2. The van der Waals surface area contributed by atoms with Crippen molar-refractivity contribution >= 4 is 35.8 Å². The number of aromatic nitrogens is 1. The van der Waals surface area contributed by atoms with Crippen LogP contribution in [0, 0.1) is 5.92 Å². The van der Waals surface area contributed by atoms with Gasteiger partial charge in [-0.3, -0.25) is 14.4 Å². The minimum absolute atomic E-state index is 0.0839. The average Bonchev–Trinajstić information content (AvgIpc) is 3.30. The maximum atomic E-state index is 11.6. The van der Waals surface area contributed by atoms with E-state index in [0.29, 0.717) is 24.8 Å². The van der Waals surface area contributed by atoms with E-state index in [1.54, 1.807) is 24.2 Å². The first-order chi connectivity index (χ1) is 17.3. The first kappa shape index (κ1) is 29.5. The molecule has 1 saturated carbocycles. The van der Waals surface area contributed by atoms with E-state index < -0.39 is 17.9 Å². The van der Waals surface area contributed by atoms with Crippen molar-refractivity contribution in [3.63, 3.8) is 0 Å². The van der Waals surface area contributed by atoms with Gasteiger partial charge in [-0.25, -0.2) is 9.29 Å². The zero-order valence-corrected chi connectivity index (χ0v) is 22.3. The molecule has 3 heterocycles. The van der Waals surface area contributed by atoms with Crippen molar-refractivity contribution in [1.82, 2.24) is 14.6 Å². The van der Waals surface area contributed by atoms with Crippen molar-refractivity contribution < 1.29 is 19.2 Å². The monoisotopic (exact) mass is 517 g/mol. The minimum Gasteiger partial charge on any atom is -0.368 e. The van der Waals surface area contributed by atoms with Crippen molar-refractivity contribution in [2.45, 2.75) is 89.2 Å². The number of nitrogens with two attached hydrogens (primary N) is 1. The molecule has 3 aliphatic rings. The Morgan fingerprint density at radius 1 is 1.19 bits per heavy atom. The molecule has 0 radical (unpaired) electrons. The lowest BCUT2D eigenvalue weighted by Gasteiger charge is -2.23. The van der Waals surface area contributed by atoms with Crippen LogP contribution in [0.4, 0.5) is 0 Å². The molecule has 1 aliphatic carbocycles. The third kappa shape index (κ3) is 11.3. The molecule has 2 aliphatic heterocycles. The number of rotatable bonds is 5. The Morgan fingerprint density at radius 2 is 1.94 bits per heavy atom. The van der Waals surface area contributed by atoms with Gasteiger partial charge in [0.1, 0.15) is 16.9 Å². The first-order valence-corrected chi connectivity index (χ1v) is 13.4. The largest absolute Gasteiger partial charge is 0.368 e. The molecule has 1 saturated heterocycles. The molecule has 1 aromatic rings. The van der Waals surface area contributed by atoms with Gasteiger partial charge in [0, 0.05) is 31.3 Å². The fraction of sp³-hybridized carbons (Fsp3) is 0.577. The number of nitrogens with one attached hydrogen (secondary N) is 1. The van der Waals surface area contributed by atoms with Gasteiger partial charge in [0.2, 0.25) is 11.7 Å². The van der Waals surface area contributed by atoms with Gasteiger partial charge >= 0.3 is 0 Å². The second-order valence-electron chi connectivity index (χ2n) is 9.28. The summed E-state index contributed by atoms with van der Waals surface area (Å²) in [6.45, 7) is 6.55. The summed E-state index contributed by atoms with van der Waals surface area (Å²) in [7, 11) is 0. The zero-order valence-electron chi connectivity index (χ0n) is 21.5. The molecule has 1 aromatic heterocycles. The van der Waals surface area contributed by atoms with Crippen molar-refractivity contribution in [2.24, 2.45) is 16.8 Å². The van der Waals surface area contributed by atoms with Crippen LogP contribution in [0.3, 0.4) is 0 Å². The summed E-state index contributed by atoms with van der Waals surface area (Å²) in [5.74, 6) is 0.379. The molecule has 0 aromatic carbocycles. The van der Waals surface area contributed by atoms with E-state index in [1.807, 2.05) is 18.2 Å². The molecular formula is C26H39N5O4S. The SMILES string of the molecule is CC(NC(=O)C1=CCC=NO1)C(N)=O.CC1CCCC1.C[C@@H]1CCCC(=O)CN1Sc1ccccn1. The van der Waals surface area contributed by atoms with Gasteiger partial charge < -0.3 is 15.9 Å². The van der Waals surface area contributed by atoms with Gasteiger partial charge in [-0.2, -0.15) is 0 Å². The summed E-state index contributed by atoms with van der Waals surface area (Å²) in [6.07, 6.45) is 14.2. The van der Waals surface area contributed by atoms with Gasteiger partial charge in [0.25, 0.3) is 5.91 Å². The second-order valence-corrected chi connectivity index (χ2v) is 10.4. The van der Waals surface area contributed by atoms with Crippen molar-refractivity contribution in [2.75, 3.05) is 6.54 Å². The Hall–Kier alpha value is -2.72. The van der Waals surface area contributed by atoms with E-state index in [1.165, 1.54) is 38.8 Å². The lowest BCUT2D eigenvalue weighted by Crippen LogP contribution is -2.43. The summed E-state index contributed by atoms with van der Waals surface area (Å²) in [5.41, 5.74) is 4.97. The number of amides is 2. The second kappa shape index (κ2) is 16.1. The number of pyridine rings is 1. The number of oxime groups is 1. The lowest BCUT2D eigenvalue weighted by atomic mass is 10.1. The van der Waals surface area contributed by atoms with Gasteiger partial charge in [-0.1, -0.05) is 43.8 Å². The summed E-state index contributed by atoms with van der Waals surface area (Å²) >= 11 is 1.59. The summed E-state index contributed by atoms with van der Waals surface area (Å²) < 4.78 is 2.15. The van der Waals surface area contributed by atoms with Gasteiger partial charge in [0.05, 0.1) is 6.54 Å². The van der Waals surface area contributed by atoms with Crippen LogP contribution in [0.25, 0.3) is 0 Å². The molecule has 9 nitrogen and oxygen atoms in total. The predicted octanol–water partition coefficient (Wildman–Crippen LogP) is 4.00. The summed E-state index contributed by atoms with van der Waals surface area (Å²) in [5, 5.41) is 6.79. The highest BCUT2D eigenvalue weighted by molar-refractivity contribution is 7.97. The molecule has 4 rings (SSSR count). The van der Waals surface area contributed by atoms with Gasteiger partial charge in [-0.15, -0.1) is 0 Å². The van der Waals surface area contributed by atoms with E-state index in [0.717, 1.165) is 30.2 Å². The number of Topliss-reactive ketones (excluding diaryl/α,β-unsaturated/α-hetero) is 1. The highest BCUT2D eigenvalue weighted by Gasteiger charge is 2.22. The molecule has 0 bridgehead atoms. The van der Waals surface area contributed by atoms with Crippen LogP contribution in [0.1, 0.15) is 72.1 Å². The molecule has 0 spiro atoms. The highest BCUT2D eigenvalue weighted by Crippen LogP contribution is 2.27. The minimum atomic E-state index is -0.724. The Labute approximate surface area is 218 Å². The molecule has 36 heavy (non-hydrogen) atoms. The molecule has 198 valence electrons. The topological polar surface area (TPSA) is 127 Å². The number of hydrogen-bond donors (Lipinski definition) is 2. The predicted molar refractivity (Wildman–Crippen MR) is 142 cm³/mol. The van der Waals surface area contributed by atoms with Crippen LogP contribution >= 0.6 is 11.9 Å². The zero-order chi connectivity index (χ0) is 26.3. The van der Waals surface area contributed by atoms with Crippen molar-refractivity contribution in [1.29, 1.82) is 0 Å². The van der Waals surface area contributed by atoms with Crippen LogP contribution < -0.4 is 11.1 Å². The smallest absolute Gasteiger partial charge is 0.290 e. The maximum absolute atomic E-state index is 11.6. The molecule has 2 amide bonds. The van der Waals surface area contributed by atoms with E-state index in [9.17, 15) is 14.4 Å². The molecule has 2 atom stereocenters. The van der Waals surface area contributed by atoms with Gasteiger partial charge in [-0.05, 0) is 62.8 Å². The lowest BCUT2D eigenvalue weighted by molar-refractivity contribution is -0.126. The number of primary amides is 1. The first-order valence-electron chi connectivity index (χ1n) is 12.6. The third-order valence-corrected chi connectivity index (χ3v) is 7.18. The Kier molecular flexibility index (Phi) is 13.2. The number of carbonyl (C=O) groups is 3. The standard InChI is InChI=1S/C12H16N2OS.C8H11N3O3.C6H12/c1-10-5-4-6-11(15)9-14(10)16-12-7-2-3-8-13-12;1-5(7(9)12)11-8(13)6-3-2-4-10-14-6;1-6-4-2-3-5-6/h2-3,7-8,10H,4-6,9H2,1H3;3-5H,2H2,1H3,(H2,9,12)(H,11,13);6H,2-5H2,1H3/t10-;;/m1../s1. The number of allylic oxidation sites excluding steroid dienone is 1. The summed E-state index contributed by atoms with van der Waals surface area (Å²) in [6, 6.07) is 5.57. The average molecular weight is 518 g/mol. The Morgan fingerprint density at radius 3 is 2.50 bits per heavy atom. The van der Waals surface area contributed by atoms with Crippen LogP contribution in [0.15, 0.2) is 46.4 Å². The molecular weight excluding hydrogens is 478 g/mol. The van der Waals surface area contributed by atoms with Crippen molar-refractivity contribution in [3.05, 3.63) is 36.2 Å². The van der Waals surface area contributed by atoms with E-state index in [2.05, 4.69) is 38.4 Å². The third-order valence-electron chi connectivity index (χ3n) is 6.03. The normalized spacial score (nSPS) is 20.9. The summed E-state index contributed by atoms with van der Waals surface area (Å²) in [4.78, 5) is 42.5. The van der Waals surface area contributed by atoms with Crippen molar-refractivity contribution in [3.8, 4) is 0 Å². The van der Waals surface area contributed by atoms with E-state index in [4.69, 9.17) is 5.73 Å². The number of nitrogens with zero attached hydrogens (tertiary/aromatic N) is 3. The fourth-order valence-electron chi connectivity index (χ4n) is 3.73.